The zero-order valence-corrected chi connectivity index (χ0v) is 20.5. The van der Waals surface area contributed by atoms with Crippen LogP contribution in [-0.2, 0) is 12.6 Å². The average Bonchev–Trinajstić information content (AvgIpc) is 2.92. The number of hydrogen-bond acceptors (Lipinski definition) is 2. The van der Waals surface area contributed by atoms with Gasteiger partial charge < -0.3 is 10.4 Å². The lowest BCUT2D eigenvalue weighted by molar-refractivity contribution is -0.137. The molecule has 2 N–H and O–H groups in total. The largest absolute Gasteiger partial charge is 0.478 e. The highest BCUT2D eigenvalue weighted by atomic mass is 19.4. The smallest absolute Gasteiger partial charge is 0.416 e. The Labute approximate surface area is 214 Å². The van der Waals surface area contributed by atoms with Crippen molar-refractivity contribution in [3.63, 3.8) is 0 Å². The third-order valence-corrected chi connectivity index (χ3v) is 7.41. The quantitative estimate of drug-likeness (QED) is 0.291. The number of carbonyl (C=O) groups is 1. The van der Waals surface area contributed by atoms with E-state index in [1.807, 2.05) is 25.1 Å². The van der Waals surface area contributed by atoms with Gasteiger partial charge in [0.25, 0.3) is 0 Å². The molecule has 1 aliphatic heterocycles. The standard InChI is InChI=1S/C31H28F3NO2/c1-2-25-28-17-23(20-7-10-24(11-8-20)31(32,33)34)9-12-26(28)27(18-29(25)30(36)37)22-5-3-19(4-6-22)21-13-15-35-16-14-21/h3-12,17-18,21,35H,2,13-16H2,1H3,(H,36,37). The summed E-state index contributed by atoms with van der Waals surface area (Å²) in [6, 6.07) is 20.9. The van der Waals surface area contributed by atoms with Gasteiger partial charge in [-0.05, 0) is 107 Å². The molecule has 0 aromatic heterocycles. The summed E-state index contributed by atoms with van der Waals surface area (Å²) in [5.74, 6) is -0.471. The predicted molar refractivity (Wildman–Crippen MR) is 141 cm³/mol. The molecule has 1 aliphatic rings. The first-order valence-electron chi connectivity index (χ1n) is 12.6. The van der Waals surface area contributed by atoms with Crippen LogP contribution in [0.1, 0.15) is 52.7 Å². The van der Waals surface area contributed by atoms with Crippen LogP contribution < -0.4 is 5.32 Å². The monoisotopic (exact) mass is 503 g/mol. The number of aromatic carboxylic acids is 1. The number of alkyl halides is 3. The topological polar surface area (TPSA) is 49.3 Å². The molecular weight excluding hydrogens is 475 g/mol. The lowest BCUT2D eigenvalue weighted by Gasteiger charge is -2.23. The maximum Gasteiger partial charge on any atom is 0.416 e. The third kappa shape index (κ3) is 4.98. The summed E-state index contributed by atoms with van der Waals surface area (Å²) < 4.78 is 39.1. The molecule has 4 aromatic carbocycles. The number of piperidine rings is 1. The molecule has 0 radical (unpaired) electrons. The number of hydrogen-bond donors (Lipinski definition) is 2. The number of rotatable bonds is 5. The second-order valence-corrected chi connectivity index (χ2v) is 9.59. The number of benzene rings is 4. The first-order valence-corrected chi connectivity index (χ1v) is 12.6. The third-order valence-electron chi connectivity index (χ3n) is 7.41. The van der Waals surface area contributed by atoms with Crippen molar-refractivity contribution in [2.75, 3.05) is 13.1 Å². The summed E-state index contributed by atoms with van der Waals surface area (Å²) in [6.45, 7) is 3.94. The highest BCUT2D eigenvalue weighted by Gasteiger charge is 2.30. The minimum Gasteiger partial charge on any atom is -0.478 e. The number of aryl methyl sites for hydroxylation is 1. The van der Waals surface area contributed by atoms with E-state index < -0.39 is 17.7 Å². The van der Waals surface area contributed by atoms with Gasteiger partial charge in [0.1, 0.15) is 0 Å². The van der Waals surface area contributed by atoms with E-state index in [4.69, 9.17) is 0 Å². The zero-order valence-electron chi connectivity index (χ0n) is 20.5. The van der Waals surface area contributed by atoms with Gasteiger partial charge in [0.15, 0.2) is 0 Å². The van der Waals surface area contributed by atoms with Crippen molar-refractivity contribution in [2.45, 2.75) is 38.3 Å². The van der Waals surface area contributed by atoms with Crippen molar-refractivity contribution in [1.29, 1.82) is 0 Å². The Morgan fingerprint density at radius 2 is 1.49 bits per heavy atom. The van der Waals surface area contributed by atoms with Gasteiger partial charge in [-0.1, -0.05) is 55.5 Å². The normalized spacial score (nSPS) is 14.7. The van der Waals surface area contributed by atoms with Gasteiger partial charge in [0, 0.05) is 0 Å². The van der Waals surface area contributed by atoms with E-state index in [1.165, 1.54) is 17.7 Å². The minimum absolute atomic E-state index is 0.247. The number of halogens is 3. The molecule has 3 nitrogen and oxygen atoms in total. The maximum absolute atomic E-state index is 13.0. The summed E-state index contributed by atoms with van der Waals surface area (Å²) >= 11 is 0. The summed E-state index contributed by atoms with van der Waals surface area (Å²) in [5.41, 5.74) is 4.72. The highest BCUT2D eigenvalue weighted by Crippen LogP contribution is 2.38. The number of fused-ring (bicyclic) bond motifs is 1. The van der Waals surface area contributed by atoms with E-state index in [2.05, 4.69) is 29.6 Å². The Bertz CT molecular complexity index is 1440. The summed E-state index contributed by atoms with van der Waals surface area (Å²) in [5, 5.41) is 15.1. The molecular formula is C31H28F3NO2. The first-order chi connectivity index (χ1) is 17.8. The van der Waals surface area contributed by atoms with Crippen molar-refractivity contribution in [3.05, 3.63) is 95.1 Å². The fourth-order valence-electron chi connectivity index (χ4n) is 5.41. The van der Waals surface area contributed by atoms with Crippen LogP contribution in [0.15, 0.2) is 72.8 Å². The van der Waals surface area contributed by atoms with E-state index in [0.717, 1.165) is 65.5 Å². The molecule has 0 bridgehead atoms. The molecule has 6 heteroatoms. The van der Waals surface area contributed by atoms with Crippen molar-refractivity contribution in [2.24, 2.45) is 0 Å². The van der Waals surface area contributed by atoms with E-state index in [0.29, 0.717) is 23.5 Å². The van der Waals surface area contributed by atoms with E-state index in [-0.39, 0.29) is 5.56 Å². The maximum atomic E-state index is 13.0. The second kappa shape index (κ2) is 10.0. The summed E-state index contributed by atoms with van der Waals surface area (Å²) in [6.07, 6.45) is -1.68. The van der Waals surface area contributed by atoms with E-state index in [1.54, 1.807) is 6.07 Å². The van der Waals surface area contributed by atoms with E-state index >= 15 is 0 Å². The Hall–Kier alpha value is -3.64. The van der Waals surface area contributed by atoms with Gasteiger partial charge in [-0.25, -0.2) is 4.79 Å². The molecule has 37 heavy (non-hydrogen) atoms. The lowest BCUT2D eigenvalue weighted by Crippen LogP contribution is -2.26. The first kappa shape index (κ1) is 25.0. The molecule has 0 unspecified atom stereocenters. The minimum atomic E-state index is -4.40. The number of carboxylic acid groups (broad SMARTS) is 1. The van der Waals surface area contributed by atoms with Crippen LogP contribution in [0.2, 0.25) is 0 Å². The van der Waals surface area contributed by atoms with Crippen LogP contribution in [0.4, 0.5) is 13.2 Å². The summed E-state index contributed by atoms with van der Waals surface area (Å²) in [7, 11) is 0. The predicted octanol–water partition coefficient (Wildman–Crippen LogP) is 7.92. The van der Waals surface area contributed by atoms with Crippen LogP contribution >= 0.6 is 0 Å². The molecule has 190 valence electrons. The van der Waals surface area contributed by atoms with Crippen LogP contribution in [0.5, 0.6) is 0 Å². The second-order valence-electron chi connectivity index (χ2n) is 9.59. The molecule has 0 saturated carbocycles. The van der Waals surface area contributed by atoms with Crippen LogP contribution in [0, 0.1) is 0 Å². The van der Waals surface area contributed by atoms with Crippen molar-refractivity contribution in [3.8, 4) is 22.3 Å². The number of carboxylic acids is 1. The molecule has 0 amide bonds. The fraction of sp³-hybridized carbons (Fsp3) is 0.258. The Morgan fingerprint density at radius 3 is 2.08 bits per heavy atom. The molecule has 0 atom stereocenters. The molecule has 1 heterocycles. The molecule has 1 saturated heterocycles. The van der Waals surface area contributed by atoms with Crippen molar-refractivity contribution in [1.82, 2.24) is 5.32 Å². The fourth-order valence-corrected chi connectivity index (χ4v) is 5.41. The van der Waals surface area contributed by atoms with Crippen LogP contribution in [0.25, 0.3) is 33.0 Å². The SMILES string of the molecule is CCc1c(C(=O)O)cc(-c2ccc(C3CCNCC3)cc2)c2ccc(-c3ccc(C(F)(F)F)cc3)cc12. The van der Waals surface area contributed by atoms with Crippen molar-refractivity contribution < 1.29 is 23.1 Å². The molecule has 0 spiro atoms. The van der Waals surface area contributed by atoms with E-state index in [9.17, 15) is 23.1 Å². The van der Waals surface area contributed by atoms with Gasteiger partial charge >= 0.3 is 12.1 Å². The van der Waals surface area contributed by atoms with Crippen LogP contribution in [-0.4, -0.2) is 24.2 Å². The van der Waals surface area contributed by atoms with Gasteiger partial charge in [-0.2, -0.15) is 13.2 Å². The molecule has 4 aromatic rings. The van der Waals surface area contributed by atoms with Gasteiger partial charge in [0.2, 0.25) is 0 Å². The van der Waals surface area contributed by atoms with Gasteiger partial charge in [-0.15, -0.1) is 0 Å². The van der Waals surface area contributed by atoms with Gasteiger partial charge in [-0.3, -0.25) is 0 Å². The summed E-state index contributed by atoms with van der Waals surface area (Å²) in [4.78, 5) is 12.2. The average molecular weight is 504 g/mol. The number of nitrogens with one attached hydrogen (secondary N) is 1. The van der Waals surface area contributed by atoms with Crippen molar-refractivity contribution >= 4 is 16.7 Å². The Kier molecular flexibility index (Phi) is 6.78. The highest BCUT2D eigenvalue weighted by molar-refractivity contribution is 6.06. The molecule has 0 aliphatic carbocycles. The Morgan fingerprint density at radius 1 is 0.865 bits per heavy atom. The Balaban J connectivity index is 1.62. The molecule has 1 fully saturated rings. The lowest BCUT2D eigenvalue weighted by atomic mass is 9.86. The van der Waals surface area contributed by atoms with Crippen LogP contribution in [0.3, 0.4) is 0 Å². The molecule has 5 rings (SSSR count). The zero-order chi connectivity index (χ0) is 26.2. The van der Waals surface area contributed by atoms with Gasteiger partial charge in [0.05, 0.1) is 11.1 Å².